The highest BCUT2D eigenvalue weighted by atomic mass is 16.2. The summed E-state index contributed by atoms with van der Waals surface area (Å²) < 4.78 is 0. The van der Waals surface area contributed by atoms with E-state index in [1.807, 2.05) is 4.90 Å². The number of hydrogen-bond donors (Lipinski definition) is 1. The molecule has 120 valence electrons. The molecule has 0 spiro atoms. The molecule has 2 fully saturated rings. The summed E-state index contributed by atoms with van der Waals surface area (Å²) in [6.07, 6.45) is 6.23. The van der Waals surface area contributed by atoms with Gasteiger partial charge in [-0.25, -0.2) is 0 Å². The maximum atomic E-state index is 12.9. The smallest absolute Gasteiger partial charge is 0.245 e. The molecule has 1 saturated carbocycles. The number of nitrogens with one attached hydrogen (secondary N) is 1. The third-order valence-corrected chi connectivity index (χ3v) is 5.27. The van der Waals surface area contributed by atoms with E-state index in [1.54, 1.807) is 0 Å². The topological polar surface area (TPSA) is 49.4 Å². The summed E-state index contributed by atoms with van der Waals surface area (Å²) in [4.78, 5) is 26.7. The van der Waals surface area contributed by atoms with Crippen molar-refractivity contribution in [2.24, 2.45) is 17.8 Å². The average Bonchev–Trinajstić information content (AvgIpc) is 2.61. The molecule has 0 bridgehead atoms. The summed E-state index contributed by atoms with van der Waals surface area (Å²) in [7, 11) is 0. The Morgan fingerprint density at radius 3 is 2.43 bits per heavy atom. The molecular weight excluding hydrogens is 264 g/mol. The number of amides is 2. The Morgan fingerprint density at radius 1 is 1.14 bits per heavy atom. The minimum absolute atomic E-state index is 0.0404. The van der Waals surface area contributed by atoms with Gasteiger partial charge in [-0.15, -0.1) is 0 Å². The van der Waals surface area contributed by atoms with Crippen LogP contribution in [-0.2, 0) is 9.59 Å². The van der Waals surface area contributed by atoms with E-state index in [4.69, 9.17) is 0 Å². The largest absolute Gasteiger partial charge is 0.344 e. The highest BCUT2D eigenvalue weighted by Gasteiger charge is 2.36. The molecule has 21 heavy (non-hydrogen) atoms. The zero-order chi connectivity index (χ0) is 15.4. The van der Waals surface area contributed by atoms with Crippen molar-refractivity contribution in [3.8, 4) is 0 Å². The molecule has 2 aliphatic rings. The van der Waals surface area contributed by atoms with Gasteiger partial charge < -0.3 is 10.2 Å². The van der Waals surface area contributed by atoms with Crippen molar-refractivity contribution in [1.29, 1.82) is 0 Å². The van der Waals surface area contributed by atoms with E-state index in [0.717, 1.165) is 19.4 Å². The Bertz CT molecular complexity index is 375. The van der Waals surface area contributed by atoms with Crippen LogP contribution in [-0.4, -0.2) is 35.8 Å². The molecule has 0 aromatic rings. The first kappa shape index (κ1) is 16.3. The average molecular weight is 294 g/mol. The fourth-order valence-corrected chi connectivity index (χ4v) is 3.38. The predicted octanol–water partition coefficient (Wildman–Crippen LogP) is 2.58. The van der Waals surface area contributed by atoms with Gasteiger partial charge in [0, 0.05) is 19.5 Å². The van der Waals surface area contributed by atoms with E-state index in [0.29, 0.717) is 30.7 Å². The van der Waals surface area contributed by atoms with Crippen LogP contribution in [0.25, 0.3) is 0 Å². The molecule has 1 aliphatic carbocycles. The molecule has 0 radical (unpaired) electrons. The normalized spacial score (nSPS) is 26.7. The Hall–Kier alpha value is -1.06. The van der Waals surface area contributed by atoms with Crippen LogP contribution in [0.4, 0.5) is 0 Å². The lowest BCUT2D eigenvalue weighted by molar-refractivity contribution is -0.136. The number of hydrogen-bond acceptors (Lipinski definition) is 2. The quantitative estimate of drug-likeness (QED) is 0.866. The van der Waals surface area contributed by atoms with Crippen molar-refractivity contribution in [2.75, 3.05) is 13.1 Å². The van der Waals surface area contributed by atoms with Gasteiger partial charge >= 0.3 is 0 Å². The van der Waals surface area contributed by atoms with Gasteiger partial charge in [0.2, 0.25) is 11.8 Å². The van der Waals surface area contributed by atoms with Gasteiger partial charge in [-0.3, -0.25) is 9.59 Å². The molecule has 2 rings (SSSR count). The molecular formula is C17H30N2O2. The van der Waals surface area contributed by atoms with E-state index in [-0.39, 0.29) is 17.9 Å². The number of nitrogens with zero attached hydrogens (tertiary/aromatic N) is 1. The van der Waals surface area contributed by atoms with Crippen LogP contribution in [0.1, 0.15) is 59.3 Å². The van der Waals surface area contributed by atoms with E-state index >= 15 is 0 Å². The zero-order valence-electron chi connectivity index (χ0n) is 13.7. The fraction of sp³-hybridized carbons (Fsp3) is 0.882. The van der Waals surface area contributed by atoms with Gasteiger partial charge in [0.1, 0.15) is 6.04 Å². The van der Waals surface area contributed by atoms with Crippen molar-refractivity contribution in [1.82, 2.24) is 10.2 Å². The van der Waals surface area contributed by atoms with E-state index in [9.17, 15) is 9.59 Å². The number of rotatable bonds is 4. The van der Waals surface area contributed by atoms with Gasteiger partial charge in [0.05, 0.1) is 0 Å². The van der Waals surface area contributed by atoms with Crippen molar-refractivity contribution in [3.05, 3.63) is 0 Å². The van der Waals surface area contributed by atoms with Crippen LogP contribution in [0, 0.1) is 17.8 Å². The summed E-state index contributed by atoms with van der Waals surface area (Å²) in [5.41, 5.74) is 0. The van der Waals surface area contributed by atoms with Gasteiger partial charge in [0.15, 0.2) is 0 Å². The molecule has 1 heterocycles. The molecule has 2 atom stereocenters. The second-order valence-corrected chi connectivity index (χ2v) is 7.20. The summed E-state index contributed by atoms with van der Waals surface area (Å²) in [6.45, 7) is 7.91. The molecule has 4 heteroatoms. The van der Waals surface area contributed by atoms with Crippen LogP contribution in [0.2, 0.25) is 0 Å². The third kappa shape index (κ3) is 4.21. The first-order valence-electron chi connectivity index (χ1n) is 8.57. The van der Waals surface area contributed by atoms with Crippen LogP contribution in [0.15, 0.2) is 0 Å². The molecule has 2 amide bonds. The summed E-state index contributed by atoms with van der Waals surface area (Å²) in [5, 5.41) is 3.00. The summed E-state index contributed by atoms with van der Waals surface area (Å²) in [6, 6.07) is -0.278. The second-order valence-electron chi connectivity index (χ2n) is 7.20. The maximum absolute atomic E-state index is 12.9. The van der Waals surface area contributed by atoms with Crippen molar-refractivity contribution in [2.45, 2.75) is 65.3 Å². The Balaban J connectivity index is 2.07. The third-order valence-electron chi connectivity index (χ3n) is 5.27. The minimum Gasteiger partial charge on any atom is -0.344 e. The van der Waals surface area contributed by atoms with E-state index in [1.165, 1.54) is 19.3 Å². The lowest BCUT2D eigenvalue weighted by Gasteiger charge is -2.33. The van der Waals surface area contributed by atoms with Gasteiger partial charge in [0.25, 0.3) is 0 Å². The molecule has 1 saturated heterocycles. The monoisotopic (exact) mass is 294 g/mol. The lowest BCUT2D eigenvalue weighted by atomic mass is 9.83. The maximum Gasteiger partial charge on any atom is 0.245 e. The first-order chi connectivity index (χ1) is 9.99. The summed E-state index contributed by atoms with van der Waals surface area (Å²) >= 11 is 0. The van der Waals surface area contributed by atoms with Crippen LogP contribution >= 0.6 is 0 Å². The van der Waals surface area contributed by atoms with Crippen LogP contribution in [0.5, 0.6) is 0 Å². The molecule has 1 aliphatic heterocycles. The second kappa shape index (κ2) is 7.28. The predicted molar refractivity (Wildman–Crippen MR) is 83.7 cm³/mol. The molecule has 4 nitrogen and oxygen atoms in total. The van der Waals surface area contributed by atoms with Gasteiger partial charge in [-0.1, -0.05) is 40.0 Å². The molecule has 0 aromatic heterocycles. The zero-order valence-corrected chi connectivity index (χ0v) is 13.7. The first-order valence-corrected chi connectivity index (χ1v) is 8.57. The highest BCUT2D eigenvalue weighted by Crippen LogP contribution is 2.28. The van der Waals surface area contributed by atoms with Gasteiger partial charge in [-0.05, 0) is 30.6 Å². The van der Waals surface area contributed by atoms with E-state index < -0.39 is 0 Å². The SMILES string of the molecule is CC(C)C(C)CN1CCC(=O)NC(C2CCCCC2)C1=O. The lowest BCUT2D eigenvalue weighted by Crippen LogP contribution is -2.50. The van der Waals surface area contributed by atoms with Crippen molar-refractivity contribution >= 4 is 11.8 Å². The highest BCUT2D eigenvalue weighted by molar-refractivity contribution is 5.90. The number of carbonyl (C=O) groups is 2. The molecule has 0 aromatic carbocycles. The fourth-order valence-electron chi connectivity index (χ4n) is 3.38. The standard InChI is InChI=1S/C17H30N2O2/c1-12(2)13(3)11-19-10-9-15(20)18-16(17(19)21)14-7-5-4-6-8-14/h12-14,16H,4-11H2,1-3H3,(H,18,20). The van der Waals surface area contributed by atoms with Gasteiger partial charge in [-0.2, -0.15) is 0 Å². The molecule has 1 N–H and O–H groups in total. The molecule has 2 unspecified atom stereocenters. The minimum atomic E-state index is -0.278. The Labute approximate surface area is 128 Å². The number of carbonyl (C=O) groups excluding carboxylic acids is 2. The van der Waals surface area contributed by atoms with Crippen LogP contribution < -0.4 is 5.32 Å². The Morgan fingerprint density at radius 2 is 1.81 bits per heavy atom. The van der Waals surface area contributed by atoms with E-state index in [2.05, 4.69) is 26.1 Å². The van der Waals surface area contributed by atoms with Crippen LogP contribution in [0.3, 0.4) is 0 Å². The van der Waals surface area contributed by atoms with Crippen molar-refractivity contribution < 1.29 is 9.59 Å². The Kier molecular flexibility index (Phi) is 5.65. The van der Waals surface area contributed by atoms with Crippen molar-refractivity contribution in [3.63, 3.8) is 0 Å². The summed E-state index contributed by atoms with van der Waals surface area (Å²) in [5.74, 6) is 1.55.